The average Bonchev–Trinajstić information content (AvgIpc) is 3.25. The van der Waals surface area contributed by atoms with E-state index in [-0.39, 0.29) is 0 Å². The second kappa shape index (κ2) is 8.66. The number of nitrogens with zero attached hydrogens (tertiary/aromatic N) is 5. The Morgan fingerprint density at radius 3 is 2.50 bits per heavy atom. The molecule has 1 aliphatic rings. The average molecular weight is 491 g/mol. The maximum atomic E-state index is 6.32. The molecule has 0 bridgehead atoms. The molecule has 3 heterocycles. The number of aromatic nitrogens is 4. The molecule has 0 fully saturated rings. The van der Waals surface area contributed by atoms with Gasteiger partial charge in [-0.15, -0.1) is 0 Å². The number of rotatable bonds is 4. The molecule has 36 heavy (non-hydrogen) atoms. The molecule has 6 rings (SSSR count). The Balaban J connectivity index is 1.53. The number of hydrogen-bond acceptors (Lipinski definition) is 5. The van der Waals surface area contributed by atoms with Gasteiger partial charge < -0.3 is 10.6 Å². The third-order valence-electron chi connectivity index (χ3n) is 6.50. The molecule has 0 radical (unpaired) electrons. The molecule has 0 saturated carbocycles. The van der Waals surface area contributed by atoms with E-state index in [1.165, 1.54) is 6.33 Å². The number of para-hydroxylation sites is 1. The van der Waals surface area contributed by atoms with Gasteiger partial charge in [-0.2, -0.15) is 5.10 Å². The lowest BCUT2D eigenvalue weighted by atomic mass is 9.97. The molecule has 1 aliphatic heterocycles. The summed E-state index contributed by atoms with van der Waals surface area (Å²) in [6, 6.07) is 24.1. The highest BCUT2D eigenvalue weighted by Gasteiger charge is 2.26. The second-order valence-electron chi connectivity index (χ2n) is 8.76. The number of fused-ring (bicyclic) bond motifs is 2. The summed E-state index contributed by atoms with van der Waals surface area (Å²) < 4.78 is 1.88. The van der Waals surface area contributed by atoms with Crippen LogP contribution < -0.4 is 10.6 Å². The van der Waals surface area contributed by atoms with Gasteiger partial charge in [0.2, 0.25) is 0 Å². The first-order chi connectivity index (χ1) is 17.5. The van der Waals surface area contributed by atoms with Crippen molar-refractivity contribution < 1.29 is 0 Å². The predicted molar refractivity (Wildman–Crippen MR) is 147 cm³/mol. The molecule has 0 atom stereocenters. The summed E-state index contributed by atoms with van der Waals surface area (Å²) in [5, 5.41) is 6.35. The van der Waals surface area contributed by atoms with E-state index in [9.17, 15) is 0 Å². The lowest BCUT2D eigenvalue weighted by molar-refractivity contribution is 0.689. The fraction of sp³-hybridized carbons (Fsp3) is 0.0690. The number of anilines is 2. The Morgan fingerprint density at radius 1 is 0.944 bits per heavy atom. The van der Waals surface area contributed by atoms with Crippen LogP contribution in [0.5, 0.6) is 0 Å². The Morgan fingerprint density at radius 2 is 1.69 bits per heavy atom. The van der Waals surface area contributed by atoms with Crippen LogP contribution >= 0.6 is 11.6 Å². The van der Waals surface area contributed by atoms with E-state index in [0.717, 1.165) is 50.4 Å². The number of nitrogen functional groups attached to an aromatic ring is 1. The SMILES string of the molecule is C=C1c2ccccc2C=C(Cn2nc(-c3ccc(Cl)cc3)c3c(N)ncnc32)N1c1ccccc1C. The monoisotopic (exact) mass is 490 g/mol. The van der Waals surface area contributed by atoms with E-state index < -0.39 is 0 Å². The van der Waals surface area contributed by atoms with Gasteiger partial charge in [0.15, 0.2) is 5.65 Å². The molecule has 0 spiro atoms. The topological polar surface area (TPSA) is 72.9 Å². The van der Waals surface area contributed by atoms with Gasteiger partial charge in [-0.1, -0.05) is 72.8 Å². The molecule has 5 aromatic rings. The standard InChI is InChI=1S/C29H23ClN6/c1-18-7-3-6-10-25(18)36-19(2)24-9-5-4-8-21(24)15-23(36)16-35-29-26(28(31)32-17-33-29)27(34-35)20-11-13-22(30)14-12-20/h3-15,17H,2,16H2,1H3,(H2,31,32,33). The lowest BCUT2D eigenvalue weighted by Crippen LogP contribution is -2.27. The molecule has 2 N–H and O–H groups in total. The highest BCUT2D eigenvalue weighted by Crippen LogP contribution is 2.39. The first-order valence-electron chi connectivity index (χ1n) is 11.6. The van der Waals surface area contributed by atoms with Crippen molar-refractivity contribution in [3.63, 3.8) is 0 Å². The maximum absolute atomic E-state index is 6.32. The summed E-state index contributed by atoms with van der Waals surface area (Å²) in [4.78, 5) is 11.0. The predicted octanol–water partition coefficient (Wildman–Crippen LogP) is 6.57. The molecular formula is C29H23ClN6. The second-order valence-corrected chi connectivity index (χ2v) is 9.20. The van der Waals surface area contributed by atoms with Crippen molar-refractivity contribution in [1.29, 1.82) is 0 Å². The Kier molecular flexibility index (Phi) is 5.31. The number of nitrogens with two attached hydrogens (primary N) is 1. The van der Waals surface area contributed by atoms with Crippen LogP contribution in [0.1, 0.15) is 16.7 Å². The Hall–Kier alpha value is -4.42. The maximum Gasteiger partial charge on any atom is 0.164 e. The van der Waals surface area contributed by atoms with E-state index in [4.69, 9.17) is 22.4 Å². The van der Waals surface area contributed by atoms with Crippen LogP contribution in [0.4, 0.5) is 11.5 Å². The molecule has 3 aromatic carbocycles. The largest absolute Gasteiger partial charge is 0.383 e. The molecule has 7 heteroatoms. The molecule has 0 unspecified atom stereocenters. The lowest BCUT2D eigenvalue weighted by Gasteiger charge is -2.34. The van der Waals surface area contributed by atoms with Crippen molar-refractivity contribution in [3.05, 3.63) is 113 Å². The van der Waals surface area contributed by atoms with Crippen LogP contribution in [-0.4, -0.2) is 19.7 Å². The molecule has 176 valence electrons. The third kappa shape index (κ3) is 3.63. The van der Waals surface area contributed by atoms with Crippen molar-refractivity contribution in [3.8, 4) is 11.3 Å². The molecule has 0 aliphatic carbocycles. The summed E-state index contributed by atoms with van der Waals surface area (Å²) in [6.07, 6.45) is 3.67. The summed E-state index contributed by atoms with van der Waals surface area (Å²) in [5.41, 5.74) is 15.0. The number of hydrogen-bond donors (Lipinski definition) is 1. The zero-order chi connectivity index (χ0) is 24.8. The van der Waals surface area contributed by atoms with Crippen LogP contribution in [-0.2, 0) is 6.54 Å². The van der Waals surface area contributed by atoms with Crippen molar-refractivity contribution in [2.24, 2.45) is 0 Å². The highest BCUT2D eigenvalue weighted by molar-refractivity contribution is 6.30. The van der Waals surface area contributed by atoms with Crippen molar-refractivity contribution in [2.45, 2.75) is 13.5 Å². The van der Waals surface area contributed by atoms with Crippen molar-refractivity contribution in [2.75, 3.05) is 10.6 Å². The van der Waals surface area contributed by atoms with E-state index in [1.807, 2.05) is 53.2 Å². The molecule has 0 amide bonds. The number of halogens is 1. The Bertz CT molecular complexity index is 1670. The van der Waals surface area contributed by atoms with E-state index in [1.54, 1.807) is 0 Å². The zero-order valence-electron chi connectivity index (χ0n) is 19.7. The van der Waals surface area contributed by atoms with Gasteiger partial charge in [-0.3, -0.25) is 0 Å². The van der Waals surface area contributed by atoms with Gasteiger partial charge in [-0.25, -0.2) is 14.6 Å². The Labute approximate surface area is 214 Å². The van der Waals surface area contributed by atoms with Gasteiger partial charge in [0.1, 0.15) is 17.8 Å². The van der Waals surface area contributed by atoms with E-state index in [2.05, 4.69) is 58.7 Å². The molecule has 0 saturated heterocycles. The minimum absolute atomic E-state index is 0.388. The third-order valence-corrected chi connectivity index (χ3v) is 6.75. The van der Waals surface area contributed by atoms with Gasteiger partial charge in [0, 0.05) is 33.2 Å². The van der Waals surface area contributed by atoms with Crippen LogP contribution in [0.3, 0.4) is 0 Å². The fourth-order valence-electron chi connectivity index (χ4n) is 4.76. The normalized spacial score (nSPS) is 13.1. The van der Waals surface area contributed by atoms with Crippen molar-refractivity contribution in [1.82, 2.24) is 19.7 Å². The van der Waals surface area contributed by atoms with Gasteiger partial charge in [-0.05, 0) is 42.3 Å². The molecule has 6 nitrogen and oxygen atoms in total. The minimum atomic E-state index is 0.388. The van der Waals surface area contributed by atoms with E-state index in [0.29, 0.717) is 23.0 Å². The van der Waals surface area contributed by atoms with Crippen LogP contribution in [0, 0.1) is 6.92 Å². The van der Waals surface area contributed by atoms with E-state index >= 15 is 0 Å². The number of aryl methyl sites for hydroxylation is 1. The summed E-state index contributed by atoms with van der Waals surface area (Å²) in [6.45, 7) is 7.05. The summed E-state index contributed by atoms with van der Waals surface area (Å²) in [7, 11) is 0. The summed E-state index contributed by atoms with van der Waals surface area (Å²) in [5.74, 6) is 0.388. The minimum Gasteiger partial charge on any atom is -0.383 e. The summed E-state index contributed by atoms with van der Waals surface area (Å²) >= 11 is 6.13. The smallest absolute Gasteiger partial charge is 0.164 e. The highest BCUT2D eigenvalue weighted by atomic mass is 35.5. The first-order valence-corrected chi connectivity index (χ1v) is 12.0. The van der Waals surface area contributed by atoms with Gasteiger partial charge in [0.05, 0.1) is 11.9 Å². The van der Waals surface area contributed by atoms with Crippen LogP contribution in [0.25, 0.3) is 34.1 Å². The zero-order valence-corrected chi connectivity index (χ0v) is 20.4. The van der Waals surface area contributed by atoms with Gasteiger partial charge in [0.25, 0.3) is 0 Å². The fourth-order valence-corrected chi connectivity index (χ4v) is 4.88. The quantitative estimate of drug-likeness (QED) is 0.308. The number of benzene rings is 3. The van der Waals surface area contributed by atoms with Gasteiger partial charge >= 0.3 is 0 Å². The molecule has 2 aromatic heterocycles. The van der Waals surface area contributed by atoms with Crippen LogP contribution in [0.15, 0.2) is 91.4 Å². The first kappa shape index (κ1) is 22.1. The number of allylic oxidation sites excluding steroid dienone is 1. The van der Waals surface area contributed by atoms with Crippen molar-refractivity contribution >= 4 is 45.9 Å². The molecular weight excluding hydrogens is 468 g/mol. The van der Waals surface area contributed by atoms with Crippen LogP contribution in [0.2, 0.25) is 5.02 Å².